The van der Waals surface area contributed by atoms with Crippen molar-refractivity contribution in [3.63, 3.8) is 0 Å². The minimum absolute atomic E-state index is 0.181. The molecule has 0 aliphatic heterocycles. The zero-order chi connectivity index (χ0) is 15.9. The van der Waals surface area contributed by atoms with Crippen LogP contribution in [0.3, 0.4) is 0 Å². The maximum absolute atomic E-state index is 12.0. The molecule has 1 saturated carbocycles. The van der Waals surface area contributed by atoms with E-state index in [-0.39, 0.29) is 12.6 Å². The van der Waals surface area contributed by atoms with Gasteiger partial charge in [-0.3, -0.25) is 4.79 Å². The third-order valence-corrected chi connectivity index (χ3v) is 4.29. The Labute approximate surface area is 127 Å². The van der Waals surface area contributed by atoms with Gasteiger partial charge in [0.1, 0.15) is 0 Å². The van der Waals surface area contributed by atoms with Gasteiger partial charge in [0, 0.05) is 20.1 Å². The van der Waals surface area contributed by atoms with Crippen molar-refractivity contribution in [3.05, 3.63) is 0 Å². The third-order valence-electron chi connectivity index (χ3n) is 4.29. The van der Waals surface area contributed by atoms with E-state index in [4.69, 9.17) is 0 Å². The molecule has 0 aromatic carbocycles. The lowest BCUT2D eigenvalue weighted by Gasteiger charge is -2.33. The fourth-order valence-electron chi connectivity index (χ4n) is 2.80. The number of amides is 2. The van der Waals surface area contributed by atoms with Gasteiger partial charge in [-0.1, -0.05) is 19.3 Å². The lowest BCUT2D eigenvalue weighted by Crippen LogP contribution is -2.47. The van der Waals surface area contributed by atoms with Gasteiger partial charge < -0.3 is 20.2 Å². The van der Waals surface area contributed by atoms with Crippen LogP contribution < -0.4 is 5.32 Å². The van der Waals surface area contributed by atoms with Gasteiger partial charge in [0.15, 0.2) is 0 Å². The summed E-state index contributed by atoms with van der Waals surface area (Å²) in [6, 6.07) is -0.181. The van der Waals surface area contributed by atoms with Crippen molar-refractivity contribution in [3.8, 4) is 0 Å². The summed E-state index contributed by atoms with van der Waals surface area (Å²) in [6.45, 7) is 1.83. The number of carbonyl (C=O) groups excluding carboxylic acids is 1. The Kier molecular flexibility index (Phi) is 6.95. The van der Waals surface area contributed by atoms with Crippen molar-refractivity contribution in [2.75, 3.05) is 40.8 Å². The Bertz CT molecular complexity index is 352. The molecule has 0 atom stereocenters. The van der Waals surface area contributed by atoms with Gasteiger partial charge in [0.2, 0.25) is 0 Å². The quantitative estimate of drug-likeness (QED) is 0.749. The predicted octanol–water partition coefficient (Wildman–Crippen LogP) is 1.61. The highest BCUT2D eigenvalue weighted by Crippen LogP contribution is 2.36. The predicted molar refractivity (Wildman–Crippen MR) is 82.4 cm³/mol. The van der Waals surface area contributed by atoms with E-state index in [0.29, 0.717) is 19.4 Å². The van der Waals surface area contributed by atoms with E-state index in [0.717, 1.165) is 32.2 Å². The highest BCUT2D eigenvalue weighted by atomic mass is 16.4. The van der Waals surface area contributed by atoms with E-state index in [1.54, 1.807) is 11.9 Å². The Hall–Kier alpha value is -1.30. The van der Waals surface area contributed by atoms with Crippen molar-refractivity contribution in [2.45, 2.75) is 38.5 Å². The normalized spacial score (nSPS) is 17.5. The average Bonchev–Trinajstić information content (AvgIpc) is 2.45. The molecule has 0 unspecified atom stereocenters. The number of carbonyl (C=O) groups is 2. The van der Waals surface area contributed by atoms with Crippen molar-refractivity contribution >= 4 is 12.0 Å². The van der Waals surface area contributed by atoms with Crippen LogP contribution in [0.1, 0.15) is 38.5 Å². The molecule has 1 fully saturated rings. The molecular formula is C15H29N3O3. The van der Waals surface area contributed by atoms with E-state index in [1.165, 1.54) is 0 Å². The summed E-state index contributed by atoms with van der Waals surface area (Å²) in [5, 5.41) is 12.3. The topological polar surface area (TPSA) is 72.9 Å². The molecule has 1 rings (SSSR count). The van der Waals surface area contributed by atoms with Crippen LogP contribution in [0.15, 0.2) is 0 Å². The minimum Gasteiger partial charge on any atom is -0.481 e. The van der Waals surface area contributed by atoms with Crippen LogP contribution in [0.2, 0.25) is 0 Å². The summed E-state index contributed by atoms with van der Waals surface area (Å²) >= 11 is 0. The molecule has 122 valence electrons. The molecule has 6 nitrogen and oxygen atoms in total. The summed E-state index contributed by atoms with van der Waals surface area (Å²) in [5.41, 5.74) is -0.765. The fourth-order valence-corrected chi connectivity index (χ4v) is 2.80. The van der Waals surface area contributed by atoms with E-state index >= 15 is 0 Å². The summed E-state index contributed by atoms with van der Waals surface area (Å²) in [5.74, 6) is -0.780. The Morgan fingerprint density at radius 2 is 1.71 bits per heavy atom. The van der Waals surface area contributed by atoms with Crippen LogP contribution in [-0.4, -0.2) is 67.7 Å². The molecular weight excluding hydrogens is 270 g/mol. The maximum atomic E-state index is 12.0. The molecule has 0 bridgehead atoms. The summed E-state index contributed by atoms with van der Waals surface area (Å²) in [6.07, 6.45) is 5.18. The second kappa shape index (κ2) is 8.22. The van der Waals surface area contributed by atoms with Crippen LogP contribution in [0.5, 0.6) is 0 Å². The summed E-state index contributed by atoms with van der Waals surface area (Å²) in [7, 11) is 5.75. The molecule has 0 aromatic rings. The average molecular weight is 299 g/mol. The number of carboxylic acids is 1. The fraction of sp³-hybridized carbons (Fsp3) is 0.867. The van der Waals surface area contributed by atoms with Gasteiger partial charge >= 0.3 is 12.0 Å². The Morgan fingerprint density at radius 1 is 1.10 bits per heavy atom. The number of urea groups is 1. The summed E-state index contributed by atoms with van der Waals surface area (Å²) < 4.78 is 0. The highest BCUT2D eigenvalue weighted by Gasteiger charge is 2.39. The second-order valence-electron chi connectivity index (χ2n) is 6.38. The lowest BCUT2D eigenvalue weighted by atomic mass is 9.74. The number of hydrogen-bond donors (Lipinski definition) is 2. The van der Waals surface area contributed by atoms with Gasteiger partial charge in [-0.15, -0.1) is 0 Å². The first-order chi connectivity index (χ1) is 9.87. The molecule has 6 heteroatoms. The monoisotopic (exact) mass is 299 g/mol. The molecule has 0 spiro atoms. The number of hydrogen-bond acceptors (Lipinski definition) is 3. The first kappa shape index (κ1) is 17.8. The van der Waals surface area contributed by atoms with Crippen molar-refractivity contribution in [1.82, 2.24) is 15.1 Å². The number of carboxylic acid groups (broad SMARTS) is 1. The summed E-state index contributed by atoms with van der Waals surface area (Å²) in [4.78, 5) is 27.3. The van der Waals surface area contributed by atoms with E-state index < -0.39 is 11.4 Å². The van der Waals surface area contributed by atoms with Gasteiger partial charge in [-0.2, -0.15) is 0 Å². The first-order valence-corrected chi connectivity index (χ1v) is 7.74. The maximum Gasteiger partial charge on any atom is 0.317 e. The molecule has 0 aromatic heterocycles. The largest absolute Gasteiger partial charge is 0.481 e. The standard InChI is InChI=1S/C15H29N3O3/c1-17(2)10-7-11-18(3)14(21)16-12-15(13(19)20)8-5-4-6-9-15/h4-12H2,1-3H3,(H,16,21)(H,19,20). The van der Waals surface area contributed by atoms with E-state index in [1.807, 2.05) is 14.1 Å². The van der Waals surface area contributed by atoms with Crippen LogP contribution in [0.4, 0.5) is 4.79 Å². The van der Waals surface area contributed by atoms with Gasteiger partial charge in [0.05, 0.1) is 5.41 Å². The molecule has 1 aliphatic rings. The molecule has 21 heavy (non-hydrogen) atoms. The Morgan fingerprint density at radius 3 is 2.24 bits per heavy atom. The van der Waals surface area contributed by atoms with Gasteiger partial charge in [-0.05, 0) is 39.9 Å². The third kappa shape index (κ3) is 5.53. The molecule has 1 aliphatic carbocycles. The smallest absolute Gasteiger partial charge is 0.317 e. The minimum atomic E-state index is -0.780. The van der Waals surface area contributed by atoms with Gasteiger partial charge in [0.25, 0.3) is 0 Å². The number of rotatable bonds is 7. The van der Waals surface area contributed by atoms with Crippen molar-refractivity contribution < 1.29 is 14.7 Å². The second-order valence-corrected chi connectivity index (χ2v) is 6.38. The van der Waals surface area contributed by atoms with Crippen LogP contribution in [0.25, 0.3) is 0 Å². The first-order valence-electron chi connectivity index (χ1n) is 7.74. The number of aliphatic carboxylic acids is 1. The highest BCUT2D eigenvalue weighted by molar-refractivity contribution is 5.78. The van der Waals surface area contributed by atoms with E-state index in [2.05, 4.69) is 10.2 Å². The van der Waals surface area contributed by atoms with Crippen LogP contribution in [0, 0.1) is 5.41 Å². The molecule has 0 radical (unpaired) electrons. The Balaban J connectivity index is 2.40. The zero-order valence-electron chi connectivity index (χ0n) is 13.5. The molecule has 2 amide bonds. The van der Waals surface area contributed by atoms with Crippen molar-refractivity contribution in [1.29, 1.82) is 0 Å². The van der Waals surface area contributed by atoms with Crippen LogP contribution in [-0.2, 0) is 4.79 Å². The molecule has 0 heterocycles. The van der Waals surface area contributed by atoms with Gasteiger partial charge in [-0.25, -0.2) is 4.79 Å². The number of nitrogens with zero attached hydrogens (tertiary/aromatic N) is 2. The SMILES string of the molecule is CN(C)CCCN(C)C(=O)NCC1(C(=O)O)CCCCC1. The van der Waals surface area contributed by atoms with E-state index in [9.17, 15) is 14.7 Å². The molecule has 2 N–H and O–H groups in total. The number of nitrogens with one attached hydrogen (secondary N) is 1. The lowest BCUT2D eigenvalue weighted by molar-refractivity contribution is -0.150. The molecule has 0 saturated heterocycles. The van der Waals surface area contributed by atoms with Crippen LogP contribution >= 0.6 is 0 Å². The van der Waals surface area contributed by atoms with Crippen molar-refractivity contribution in [2.24, 2.45) is 5.41 Å². The zero-order valence-corrected chi connectivity index (χ0v) is 13.5.